The molecule has 0 radical (unpaired) electrons. The third-order valence-electron chi connectivity index (χ3n) is 5.50. The molecule has 1 aliphatic heterocycles. The van der Waals surface area contributed by atoms with Gasteiger partial charge in [-0.25, -0.2) is 0 Å². The van der Waals surface area contributed by atoms with Crippen molar-refractivity contribution in [3.05, 3.63) is 65.2 Å². The lowest BCUT2D eigenvalue weighted by atomic mass is 9.90. The van der Waals surface area contributed by atoms with Crippen molar-refractivity contribution < 1.29 is 9.30 Å². The molecule has 1 aliphatic rings. The number of hydrogen-bond donors (Lipinski definition) is 0. The molecule has 0 saturated carbocycles. The van der Waals surface area contributed by atoms with Gasteiger partial charge in [0.2, 0.25) is 5.52 Å². The summed E-state index contributed by atoms with van der Waals surface area (Å²) in [5, 5.41) is 3.67. The second kappa shape index (κ2) is 4.82. The zero-order valence-corrected chi connectivity index (χ0v) is 15.0. The highest BCUT2D eigenvalue weighted by atomic mass is 16.5. The van der Waals surface area contributed by atoms with E-state index in [0.29, 0.717) is 0 Å². The van der Waals surface area contributed by atoms with Crippen LogP contribution in [0.15, 0.2) is 48.5 Å². The molecular formula is C23H20NO+. The molecule has 0 aliphatic carbocycles. The van der Waals surface area contributed by atoms with Crippen LogP contribution in [-0.2, 0) is 7.05 Å². The molecule has 0 fully saturated rings. The summed E-state index contributed by atoms with van der Waals surface area (Å²) >= 11 is 0. The molecule has 25 heavy (non-hydrogen) atoms. The van der Waals surface area contributed by atoms with Gasteiger partial charge in [-0.3, -0.25) is 0 Å². The Labute approximate surface area is 147 Å². The van der Waals surface area contributed by atoms with Gasteiger partial charge in [-0.15, -0.1) is 0 Å². The maximum atomic E-state index is 6.35. The van der Waals surface area contributed by atoms with Crippen LogP contribution in [0.1, 0.15) is 16.7 Å². The molecule has 0 spiro atoms. The fourth-order valence-electron chi connectivity index (χ4n) is 4.12. The zero-order valence-electron chi connectivity index (χ0n) is 15.0. The Morgan fingerprint density at radius 2 is 1.68 bits per heavy atom. The molecule has 2 nitrogen and oxygen atoms in total. The molecule has 0 unspecified atom stereocenters. The molecule has 0 saturated heterocycles. The number of fused-ring (bicyclic) bond motifs is 3. The maximum Gasteiger partial charge on any atom is 0.256 e. The van der Waals surface area contributed by atoms with Gasteiger partial charge in [-0.2, -0.15) is 4.57 Å². The minimum Gasteiger partial charge on any atom is -0.450 e. The van der Waals surface area contributed by atoms with Crippen LogP contribution in [0.4, 0.5) is 0 Å². The van der Waals surface area contributed by atoms with Gasteiger partial charge in [-0.1, -0.05) is 29.8 Å². The molecule has 122 valence electrons. The van der Waals surface area contributed by atoms with Crippen molar-refractivity contribution in [1.82, 2.24) is 0 Å². The molecule has 2 heteroatoms. The minimum atomic E-state index is 0.939. The monoisotopic (exact) mass is 326 g/mol. The van der Waals surface area contributed by atoms with Crippen LogP contribution in [-0.4, -0.2) is 0 Å². The van der Waals surface area contributed by atoms with Gasteiger partial charge in [-0.05, 0) is 49.4 Å². The van der Waals surface area contributed by atoms with Gasteiger partial charge in [0.05, 0.1) is 10.9 Å². The van der Waals surface area contributed by atoms with Crippen LogP contribution in [0.3, 0.4) is 0 Å². The lowest BCUT2D eigenvalue weighted by molar-refractivity contribution is -0.633. The van der Waals surface area contributed by atoms with Crippen molar-refractivity contribution in [2.75, 3.05) is 0 Å². The summed E-state index contributed by atoms with van der Waals surface area (Å²) in [6.45, 7) is 6.54. The number of ether oxygens (including phenoxy) is 1. The Balaban J connectivity index is 2.01. The van der Waals surface area contributed by atoms with Crippen LogP contribution in [0.2, 0.25) is 0 Å². The third kappa shape index (κ3) is 1.88. The predicted octanol–water partition coefficient (Wildman–Crippen LogP) is 5.52. The number of hydrogen-bond acceptors (Lipinski definition) is 1. The molecule has 0 atom stereocenters. The molecule has 0 bridgehead atoms. The summed E-state index contributed by atoms with van der Waals surface area (Å²) in [5.41, 5.74) is 7.60. The van der Waals surface area contributed by atoms with E-state index in [9.17, 15) is 0 Å². The molecule has 3 aromatic carbocycles. The van der Waals surface area contributed by atoms with Gasteiger partial charge in [0, 0.05) is 17.5 Å². The normalized spacial score (nSPS) is 12.3. The van der Waals surface area contributed by atoms with Crippen LogP contribution in [0.5, 0.6) is 11.5 Å². The second-order valence-electron chi connectivity index (χ2n) is 7.13. The van der Waals surface area contributed by atoms with Gasteiger partial charge >= 0.3 is 0 Å². The highest BCUT2D eigenvalue weighted by Gasteiger charge is 2.31. The zero-order chi connectivity index (χ0) is 17.3. The largest absolute Gasteiger partial charge is 0.450 e. The lowest BCUT2D eigenvalue weighted by Gasteiger charge is -2.22. The van der Waals surface area contributed by atoms with Gasteiger partial charge in [0.25, 0.3) is 5.69 Å². The van der Waals surface area contributed by atoms with Gasteiger partial charge in [0.1, 0.15) is 12.8 Å². The second-order valence-corrected chi connectivity index (χ2v) is 7.13. The number of rotatable bonds is 0. The topological polar surface area (TPSA) is 13.1 Å². The van der Waals surface area contributed by atoms with E-state index in [1.165, 1.54) is 49.6 Å². The number of benzene rings is 3. The summed E-state index contributed by atoms with van der Waals surface area (Å²) in [6, 6.07) is 17.4. The first kappa shape index (κ1) is 14.5. The van der Waals surface area contributed by atoms with Crippen LogP contribution in [0, 0.1) is 20.8 Å². The van der Waals surface area contributed by atoms with Gasteiger partial charge < -0.3 is 4.74 Å². The van der Waals surface area contributed by atoms with E-state index in [1.807, 2.05) is 0 Å². The van der Waals surface area contributed by atoms with E-state index in [4.69, 9.17) is 4.74 Å². The van der Waals surface area contributed by atoms with Crippen LogP contribution >= 0.6 is 0 Å². The number of aromatic nitrogens is 1. The molecule has 5 rings (SSSR count). The first-order chi connectivity index (χ1) is 12.0. The maximum absolute atomic E-state index is 6.35. The Morgan fingerprint density at radius 3 is 2.52 bits per heavy atom. The quantitative estimate of drug-likeness (QED) is 0.342. The van der Waals surface area contributed by atoms with Crippen LogP contribution < -0.4 is 9.30 Å². The smallest absolute Gasteiger partial charge is 0.256 e. The lowest BCUT2D eigenvalue weighted by Crippen LogP contribution is -2.33. The van der Waals surface area contributed by atoms with Crippen molar-refractivity contribution in [2.24, 2.45) is 7.05 Å². The number of aryl methyl sites for hydroxylation is 3. The number of pyridine rings is 1. The van der Waals surface area contributed by atoms with E-state index in [1.54, 1.807) is 0 Å². The standard InChI is InChI=1S/C23H20NO/c1-13-8-9-18-17(10-13)12-20-23(24(18)4)21-15(3)14(2)11-16-6-5-7-19(25-20)22(16)21/h5-12H,1-4H3/q+1. The summed E-state index contributed by atoms with van der Waals surface area (Å²) < 4.78 is 8.63. The van der Waals surface area contributed by atoms with Crippen molar-refractivity contribution >= 4 is 21.7 Å². The van der Waals surface area contributed by atoms with Gasteiger partial charge in [0.15, 0.2) is 5.75 Å². The Kier molecular flexibility index (Phi) is 2.79. The molecule has 0 amide bonds. The fraction of sp³-hybridized carbons (Fsp3) is 0.174. The molecule has 2 heterocycles. The van der Waals surface area contributed by atoms with Crippen molar-refractivity contribution in [3.8, 4) is 22.8 Å². The van der Waals surface area contributed by atoms with E-state index >= 15 is 0 Å². The molecule has 4 aromatic rings. The highest BCUT2D eigenvalue weighted by Crippen LogP contribution is 2.47. The highest BCUT2D eigenvalue weighted by molar-refractivity contribution is 6.05. The first-order valence-corrected chi connectivity index (χ1v) is 8.69. The number of nitrogens with zero attached hydrogens (tertiary/aromatic N) is 1. The van der Waals surface area contributed by atoms with Crippen molar-refractivity contribution in [3.63, 3.8) is 0 Å². The first-order valence-electron chi connectivity index (χ1n) is 8.69. The average Bonchev–Trinajstić information content (AvgIpc) is 2.58. The molecular weight excluding hydrogens is 306 g/mol. The Hall–Kier alpha value is -2.87. The van der Waals surface area contributed by atoms with E-state index in [2.05, 4.69) is 80.9 Å². The predicted molar refractivity (Wildman–Crippen MR) is 102 cm³/mol. The summed E-state index contributed by atoms with van der Waals surface area (Å²) in [4.78, 5) is 0. The van der Waals surface area contributed by atoms with Crippen molar-refractivity contribution in [2.45, 2.75) is 20.8 Å². The van der Waals surface area contributed by atoms with E-state index < -0.39 is 0 Å². The SMILES string of the molecule is Cc1ccc2c(c1)cc1c([n+]2C)-c2c(C)c(C)cc3cccc(c23)O1. The van der Waals surface area contributed by atoms with Crippen molar-refractivity contribution in [1.29, 1.82) is 0 Å². The van der Waals surface area contributed by atoms with E-state index in [0.717, 1.165) is 11.5 Å². The fourth-order valence-corrected chi connectivity index (χ4v) is 4.12. The summed E-state index contributed by atoms with van der Waals surface area (Å²) in [5.74, 6) is 1.89. The Morgan fingerprint density at radius 1 is 0.840 bits per heavy atom. The third-order valence-corrected chi connectivity index (χ3v) is 5.50. The minimum absolute atomic E-state index is 0.939. The summed E-state index contributed by atoms with van der Waals surface area (Å²) in [7, 11) is 2.14. The average molecular weight is 326 g/mol. The summed E-state index contributed by atoms with van der Waals surface area (Å²) in [6.07, 6.45) is 0. The Bertz CT molecular complexity index is 1200. The molecule has 0 N–H and O–H groups in total. The molecule has 1 aromatic heterocycles. The van der Waals surface area contributed by atoms with Crippen LogP contribution in [0.25, 0.3) is 32.9 Å². The van der Waals surface area contributed by atoms with E-state index in [-0.39, 0.29) is 0 Å².